The fourth-order valence-electron chi connectivity index (χ4n) is 4.01. The van der Waals surface area contributed by atoms with Crippen LogP contribution in [0.4, 0.5) is 5.82 Å². The zero-order chi connectivity index (χ0) is 24.1. The standard InChI is InChI=1S/C22H29N9O3/c1-4-33-18-11-6-5-10-16(18)15(3)24-26-22(32)19-17(13-30-12-8-7-9-14(30)2)31(29-25-19)21-20(23)27-34-28-21/h5-6,10-11,14H,4,7-9,12-13H2,1-3H3,(H2,23,27)(H,26,32)/b24-15+/t14-/m1/s1. The summed E-state index contributed by atoms with van der Waals surface area (Å²) in [7, 11) is 0. The number of anilines is 1. The molecule has 0 bridgehead atoms. The third-order valence-electron chi connectivity index (χ3n) is 5.87. The van der Waals surface area contributed by atoms with Crippen LogP contribution in [0.5, 0.6) is 5.75 Å². The van der Waals surface area contributed by atoms with Crippen molar-refractivity contribution in [2.75, 3.05) is 18.9 Å². The van der Waals surface area contributed by atoms with Gasteiger partial charge in [0.25, 0.3) is 5.91 Å². The van der Waals surface area contributed by atoms with E-state index in [9.17, 15) is 4.79 Å². The number of benzene rings is 1. The maximum absolute atomic E-state index is 13.1. The van der Waals surface area contributed by atoms with Crippen molar-refractivity contribution in [1.82, 2.24) is 35.6 Å². The number of hydrogen-bond acceptors (Lipinski definition) is 10. The Morgan fingerprint density at radius 1 is 1.32 bits per heavy atom. The van der Waals surface area contributed by atoms with Gasteiger partial charge in [-0.05, 0) is 62.6 Å². The van der Waals surface area contributed by atoms with E-state index in [2.05, 4.69) is 43.0 Å². The summed E-state index contributed by atoms with van der Waals surface area (Å²) in [6.07, 6.45) is 3.35. The van der Waals surface area contributed by atoms with Gasteiger partial charge in [0, 0.05) is 18.2 Å². The number of nitrogen functional groups attached to an aromatic ring is 1. The first kappa shape index (κ1) is 23.4. The predicted molar refractivity (Wildman–Crippen MR) is 125 cm³/mol. The molecule has 180 valence electrons. The van der Waals surface area contributed by atoms with Crippen molar-refractivity contribution in [2.24, 2.45) is 5.10 Å². The summed E-state index contributed by atoms with van der Waals surface area (Å²) < 4.78 is 11.8. The summed E-state index contributed by atoms with van der Waals surface area (Å²) in [5.41, 5.74) is 10.5. The van der Waals surface area contributed by atoms with Crippen molar-refractivity contribution in [3.8, 4) is 11.6 Å². The first-order chi connectivity index (χ1) is 16.5. The van der Waals surface area contributed by atoms with E-state index in [1.165, 1.54) is 11.1 Å². The summed E-state index contributed by atoms with van der Waals surface area (Å²) in [5.74, 6) is 0.456. The van der Waals surface area contributed by atoms with Crippen LogP contribution in [-0.2, 0) is 6.54 Å². The second-order valence-electron chi connectivity index (χ2n) is 8.15. The summed E-state index contributed by atoms with van der Waals surface area (Å²) >= 11 is 0. The summed E-state index contributed by atoms with van der Waals surface area (Å²) in [5, 5.41) is 20.0. The lowest BCUT2D eigenvalue weighted by molar-refractivity contribution is 0.0944. The van der Waals surface area contributed by atoms with Gasteiger partial charge in [0.2, 0.25) is 11.6 Å². The van der Waals surface area contributed by atoms with Gasteiger partial charge in [0.1, 0.15) is 5.75 Å². The maximum Gasteiger partial charge on any atom is 0.293 e. The second kappa shape index (κ2) is 10.4. The Morgan fingerprint density at radius 3 is 2.88 bits per heavy atom. The van der Waals surface area contributed by atoms with Gasteiger partial charge in [-0.3, -0.25) is 9.69 Å². The molecular formula is C22H29N9O3. The molecule has 34 heavy (non-hydrogen) atoms. The van der Waals surface area contributed by atoms with Gasteiger partial charge < -0.3 is 10.5 Å². The molecule has 1 fully saturated rings. The third kappa shape index (κ3) is 4.91. The molecule has 0 unspecified atom stereocenters. The van der Waals surface area contributed by atoms with Crippen LogP contribution in [0, 0.1) is 0 Å². The zero-order valence-corrected chi connectivity index (χ0v) is 19.6. The average molecular weight is 468 g/mol. The van der Waals surface area contributed by atoms with Crippen molar-refractivity contribution in [2.45, 2.75) is 52.6 Å². The van der Waals surface area contributed by atoms with Crippen LogP contribution in [-0.4, -0.2) is 61.0 Å². The minimum atomic E-state index is -0.492. The summed E-state index contributed by atoms with van der Waals surface area (Å²) in [4.78, 5) is 15.4. The van der Waals surface area contributed by atoms with Gasteiger partial charge in [-0.2, -0.15) is 9.78 Å². The fraction of sp³-hybridized carbons (Fsp3) is 0.455. The minimum Gasteiger partial charge on any atom is -0.493 e. The van der Waals surface area contributed by atoms with Crippen LogP contribution in [0.2, 0.25) is 0 Å². The molecule has 1 atom stereocenters. The van der Waals surface area contributed by atoms with Crippen molar-refractivity contribution < 1.29 is 14.2 Å². The largest absolute Gasteiger partial charge is 0.493 e. The molecule has 0 aliphatic carbocycles. The number of likely N-dealkylation sites (tertiary alicyclic amines) is 1. The normalized spacial score (nSPS) is 17.0. The Hall–Kier alpha value is -3.80. The van der Waals surface area contributed by atoms with E-state index in [0.29, 0.717) is 36.3 Å². The smallest absolute Gasteiger partial charge is 0.293 e. The van der Waals surface area contributed by atoms with Crippen molar-refractivity contribution in [1.29, 1.82) is 0 Å². The van der Waals surface area contributed by atoms with E-state index >= 15 is 0 Å². The molecule has 0 saturated carbocycles. The van der Waals surface area contributed by atoms with Crippen molar-refractivity contribution >= 4 is 17.4 Å². The molecule has 1 aromatic carbocycles. The van der Waals surface area contributed by atoms with Gasteiger partial charge in [0.05, 0.1) is 18.0 Å². The van der Waals surface area contributed by atoms with Gasteiger partial charge in [-0.25, -0.2) is 10.1 Å². The Bertz CT molecular complexity index is 1170. The molecule has 0 radical (unpaired) electrons. The molecule has 12 heteroatoms. The van der Waals surface area contributed by atoms with E-state index in [-0.39, 0.29) is 17.3 Å². The lowest BCUT2D eigenvalue weighted by atomic mass is 10.0. The Balaban J connectivity index is 1.62. The van der Waals surface area contributed by atoms with Crippen LogP contribution in [0.15, 0.2) is 34.0 Å². The molecule has 4 rings (SSSR count). The molecule has 3 heterocycles. The number of aromatic nitrogens is 5. The van der Waals surface area contributed by atoms with E-state index in [0.717, 1.165) is 24.9 Å². The number of ether oxygens (including phenoxy) is 1. The molecular weight excluding hydrogens is 438 g/mol. The maximum atomic E-state index is 13.1. The molecule has 1 aliphatic heterocycles. The molecule has 1 aliphatic rings. The topological polar surface area (TPSA) is 150 Å². The SMILES string of the molecule is CCOc1ccccc1/C(C)=N/NC(=O)c1nnn(-c2nonc2N)c1CN1CCCC[C@H]1C. The molecule has 0 spiro atoms. The number of rotatable bonds is 8. The first-order valence-electron chi connectivity index (χ1n) is 11.3. The number of para-hydroxylation sites is 1. The molecule has 3 aromatic rings. The number of amides is 1. The monoisotopic (exact) mass is 467 g/mol. The number of carbonyl (C=O) groups excluding carboxylic acids is 1. The molecule has 1 amide bonds. The number of nitrogens with zero attached hydrogens (tertiary/aromatic N) is 7. The number of hydrogen-bond donors (Lipinski definition) is 2. The van der Waals surface area contributed by atoms with Gasteiger partial charge >= 0.3 is 0 Å². The predicted octanol–water partition coefficient (Wildman–Crippen LogP) is 2.16. The lowest BCUT2D eigenvalue weighted by Gasteiger charge is -2.33. The second-order valence-corrected chi connectivity index (χ2v) is 8.15. The number of carbonyl (C=O) groups is 1. The number of nitrogens with two attached hydrogens (primary N) is 1. The highest BCUT2D eigenvalue weighted by molar-refractivity contribution is 6.02. The van der Waals surface area contributed by atoms with E-state index in [1.807, 2.05) is 31.2 Å². The van der Waals surface area contributed by atoms with Crippen LogP contribution in [0.25, 0.3) is 5.82 Å². The highest BCUT2D eigenvalue weighted by atomic mass is 16.6. The van der Waals surface area contributed by atoms with Crippen LogP contribution in [0.3, 0.4) is 0 Å². The Morgan fingerprint density at radius 2 is 2.15 bits per heavy atom. The van der Waals surface area contributed by atoms with E-state index < -0.39 is 5.91 Å². The summed E-state index contributed by atoms with van der Waals surface area (Å²) in [6.45, 7) is 7.76. The van der Waals surface area contributed by atoms with Crippen molar-refractivity contribution in [3.63, 3.8) is 0 Å². The highest BCUT2D eigenvalue weighted by Crippen LogP contribution is 2.23. The van der Waals surface area contributed by atoms with Crippen LogP contribution >= 0.6 is 0 Å². The van der Waals surface area contributed by atoms with Gasteiger partial charge in [0.15, 0.2) is 5.69 Å². The van der Waals surface area contributed by atoms with Crippen molar-refractivity contribution in [3.05, 3.63) is 41.2 Å². The van der Waals surface area contributed by atoms with E-state index in [4.69, 9.17) is 15.1 Å². The Kier molecular flexibility index (Phi) is 7.16. The molecule has 2 aromatic heterocycles. The average Bonchev–Trinajstić information content (AvgIpc) is 3.45. The Labute approximate surface area is 197 Å². The number of piperidine rings is 1. The van der Waals surface area contributed by atoms with Crippen LogP contribution < -0.4 is 15.9 Å². The van der Waals surface area contributed by atoms with E-state index in [1.54, 1.807) is 6.92 Å². The van der Waals surface area contributed by atoms with Crippen LogP contribution in [0.1, 0.15) is 61.8 Å². The quantitative estimate of drug-likeness (QED) is 0.375. The lowest BCUT2D eigenvalue weighted by Crippen LogP contribution is -2.38. The fourth-order valence-corrected chi connectivity index (χ4v) is 4.01. The first-order valence-corrected chi connectivity index (χ1v) is 11.3. The molecule has 1 saturated heterocycles. The van der Waals surface area contributed by atoms with Gasteiger partial charge in [-0.15, -0.1) is 5.10 Å². The molecule has 3 N–H and O–H groups in total. The highest BCUT2D eigenvalue weighted by Gasteiger charge is 2.28. The number of hydrazone groups is 1. The summed E-state index contributed by atoms with van der Waals surface area (Å²) in [6, 6.07) is 7.88. The molecule has 12 nitrogen and oxygen atoms in total. The minimum absolute atomic E-state index is 0.0613. The third-order valence-corrected chi connectivity index (χ3v) is 5.87. The van der Waals surface area contributed by atoms with Gasteiger partial charge in [-0.1, -0.05) is 23.8 Å². The zero-order valence-electron chi connectivity index (χ0n) is 19.6. The number of nitrogens with one attached hydrogen (secondary N) is 1.